The van der Waals surface area contributed by atoms with Gasteiger partial charge in [-0.05, 0) is 24.6 Å². The van der Waals surface area contributed by atoms with E-state index in [0.29, 0.717) is 0 Å². The van der Waals surface area contributed by atoms with Crippen molar-refractivity contribution in [1.82, 2.24) is 0 Å². The largest absolute Gasteiger partial charge is 0.378 e. The normalized spacial score (nSPS) is 15.6. The van der Waals surface area contributed by atoms with Crippen LogP contribution in [-0.2, 0) is 15.3 Å². The Morgan fingerprint density at radius 1 is 1.12 bits per heavy atom. The van der Waals surface area contributed by atoms with Crippen molar-refractivity contribution in [3.63, 3.8) is 0 Å². The van der Waals surface area contributed by atoms with E-state index in [-0.39, 0.29) is 11.2 Å². The Labute approximate surface area is 153 Å². The molecule has 1 unspecified atom stereocenters. The smallest absolute Gasteiger partial charge is 0.237 e. The minimum absolute atomic E-state index is 0.0432. The molecule has 1 atom stereocenters. The molecule has 3 rings (SSSR count). The topological polar surface area (TPSA) is 41.6 Å². The molecule has 1 heterocycles. The number of anilines is 2. The van der Waals surface area contributed by atoms with E-state index in [0.717, 1.165) is 43.4 Å². The zero-order valence-electron chi connectivity index (χ0n) is 14.5. The van der Waals surface area contributed by atoms with Gasteiger partial charge in [-0.2, -0.15) is 0 Å². The van der Waals surface area contributed by atoms with E-state index in [1.54, 1.807) is 11.8 Å². The molecule has 132 valence electrons. The van der Waals surface area contributed by atoms with Gasteiger partial charge in [0.15, 0.2) is 0 Å². The van der Waals surface area contributed by atoms with E-state index in [1.165, 1.54) is 5.56 Å². The third-order valence-corrected chi connectivity index (χ3v) is 5.44. The summed E-state index contributed by atoms with van der Waals surface area (Å²) in [7, 11) is 0. The van der Waals surface area contributed by atoms with E-state index >= 15 is 0 Å². The number of para-hydroxylation sites is 2. The molecule has 2 aromatic rings. The summed E-state index contributed by atoms with van der Waals surface area (Å²) >= 11 is 1.65. The van der Waals surface area contributed by atoms with Crippen LogP contribution in [0.4, 0.5) is 11.4 Å². The van der Waals surface area contributed by atoms with Crippen molar-refractivity contribution in [2.45, 2.75) is 17.9 Å². The van der Waals surface area contributed by atoms with Gasteiger partial charge in [0.25, 0.3) is 0 Å². The fourth-order valence-electron chi connectivity index (χ4n) is 2.76. The predicted molar refractivity (Wildman–Crippen MR) is 105 cm³/mol. The van der Waals surface area contributed by atoms with Crippen LogP contribution in [0.5, 0.6) is 0 Å². The van der Waals surface area contributed by atoms with E-state index in [1.807, 2.05) is 43.3 Å². The second-order valence-electron chi connectivity index (χ2n) is 6.04. The summed E-state index contributed by atoms with van der Waals surface area (Å²) in [6.45, 7) is 5.12. The first-order valence-electron chi connectivity index (χ1n) is 8.62. The van der Waals surface area contributed by atoms with Gasteiger partial charge in [0.2, 0.25) is 5.91 Å². The molecule has 4 nitrogen and oxygen atoms in total. The van der Waals surface area contributed by atoms with Crippen LogP contribution in [0.2, 0.25) is 0 Å². The van der Waals surface area contributed by atoms with E-state index < -0.39 is 0 Å². The van der Waals surface area contributed by atoms with Crippen molar-refractivity contribution < 1.29 is 9.53 Å². The van der Waals surface area contributed by atoms with Crippen molar-refractivity contribution in [2.24, 2.45) is 0 Å². The Balaban J connectivity index is 1.60. The van der Waals surface area contributed by atoms with Gasteiger partial charge >= 0.3 is 0 Å². The summed E-state index contributed by atoms with van der Waals surface area (Å²) in [5.74, 6) is 0.877. The second kappa shape index (κ2) is 8.92. The number of benzene rings is 2. The summed E-state index contributed by atoms with van der Waals surface area (Å²) in [5, 5.41) is 2.99. The third-order valence-electron chi connectivity index (χ3n) is 4.23. The van der Waals surface area contributed by atoms with Crippen LogP contribution in [0.3, 0.4) is 0 Å². The fraction of sp³-hybridized carbons (Fsp3) is 0.350. The van der Waals surface area contributed by atoms with Gasteiger partial charge in [0.05, 0.1) is 29.8 Å². The zero-order valence-corrected chi connectivity index (χ0v) is 15.3. The van der Waals surface area contributed by atoms with Crippen molar-refractivity contribution >= 4 is 29.0 Å². The molecule has 1 N–H and O–H groups in total. The van der Waals surface area contributed by atoms with Gasteiger partial charge in [-0.15, -0.1) is 11.8 Å². The van der Waals surface area contributed by atoms with Gasteiger partial charge in [0.1, 0.15) is 0 Å². The maximum absolute atomic E-state index is 12.6. The van der Waals surface area contributed by atoms with Crippen LogP contribution in [0, 0.1) is 0 Å². The molecular weight excluding hydrogens is 332 g/mol. The number of thioether (sulfide) groups is 1. The molecule has 1 saturated heterocycles. The number of nitrogens with one attached hydrogen (secondary N) is 1. The Bertz CT molecular complexity index is 687. The lowest BCUT2D eigenvalue weighted by molar-refractivity contribution is -0.115. The average molecular weight is 356 g/mol. The van der Waals surface area contributed by atoms with Crippen molar-refractivity contribution in [3.05, 3.63) is 60.2 Å². The minimum atomic E-state index is -0.113. The highest BCUT2D eigenvalue weighted by atomic mass is 32.2. The molecule has 0 bridgehead atoms. The molecule has 2 aromatic carbocycles. The van der Waals surface area contributed by atoms with Gasteiger partial charge < -0.3 is 15.0 Å². The van der Waals surface area contributed by atoms with Crippen LogP contribution in [0.25, 0.3) is 0 Å². The van der Waals surface area contributed by atoms with Crippen molar-refractivity contribution in [1.29, 1.82) is 0 Å². The highest BCUT2D eigenvalue weighted by Gasteiger charge is 2.18. The minimum Gasteiger partial charge on any atom is -0.378 e. The molecule has 0 saturated carbocycles. The number of carbonyl (C=O) groups excluding carboxylic acids is 1. The monoisotopic (exact) mass is 356 g/mol. The molecule has 1 aliphatic heterocycles. The summed E-state index contributed by atoms with van der Waals surface area (Å²) in [6, 6.07) is 18.2. The quantitative estimate of drug-likeness (QED) is 0.855. The first-order valence-corrected chi connectivity index (χ1v) is 9.67. The lowest BCUT2D eigenvalue weighted by Gasteiger charge is -2.30. The molecule has 1 fully saturated rings. The standard InChI is InChI=1S/C20H24N2O2S/c1-16(25-15-17-7-3-2-4-8-17)20(23)21-18-9-5-6-10-19(18)22-11-13-24-14-12-22/h2-10,16H,11-15H2,1H3,(H,21,23). The summed E-state index contributed by atoms with van der Waals surface area (Å²) < 4.78 is 5.42. The highest BCUT2D eigenvalue weighted by molar-refractivity contribution is 7.99. The number of carbonyl (C=O) groups is 1. The molecule has 0 aromatic heterocycles. The van der Waals surface area contributed by atoms with Gasteiger partial charge in [-0.25, -0.2) is 0 Å². The van der Waals surface area contributed by atoms with E-state index in [2.05, 4.69) is 28.4 Å². The van der Waals surface area contributed by atoms with Gasteiger partial charge in [0, 0.05) is 18.8 Å². The van der Waals surface area contributed by atoms with Crippen LogP contribution < -0.4 is 10.2 Å². The molecule has 25 heavy (non-hydrogen) atoms. The number of morpholine rings is 1. The Morgan fingerprint density at radius 2 is 1.80 bits per heavy atom. The first kappa shape index (κ1) is 17.8. The lowest BCUT2D eigenvalue weighted by atomic mass is 10.2. The highest BCUT2D eigenvalue weighted by Crippen LogP contribution is 2.27. The number of hydrogen-bond acceptors (Lipinski definition) is 4. The summed E-state index contributed by atoms with van der Waals surface area (Å²) in [5.41, 5.74) is 3.18. The van der Waals surface area contributed by atoms with Crippen molar-refractivity contribution in [2.75, 3.05) is 36.5 Å². The Kier molecular flexibility index (Phi) is 6.36. The SMILES string of the molecule is CC(SCc1ccccc1)C(=O)Nc1ccccc1N1CCOCC1. The number of nitrogens with zero attached hydrogens (tertiary/aromatic N) is 1. The molecule has 0 radical (unpaired) electrons. The van der Waals surface area contributed by atoms with Gasteiger partial charge in [-0.3, -0.25) is 4.79 Å². The van der Waals surface area contributed by atoms with Gasteiger partial charge in [-0.1, -0.05) is 42.5 Å². The van der Waals surface area contributed by atoms with Crippen LogP contribution >= 0.6 is 11.8 Å². The maximum atomic E-state index is 12.6. The number of ether oxygens (including phenoxy) is 1. The molecule has 1 aliphatic rings. The Hall–Kier alpha value is -1.98. The molecule has 1 amide bonds. The second-order valence-corrected chi connectivity index (χ2v) is 7.37. The van der Waals surface area contributed by atoms with Crippen LogP contribution in [0.1, 0.15) is 12.5 Å². The summed E-state index contributed by atoms with van der Waals surface area (Å²) in [4.78, 5) is 14.9. The van der Waals surface area contributed by atoms with E-state index in [4.69, 9.17) is 4.74 Å². The zero-order chi connectivity index (χ0) is 17.5. The third kappa shape index (κ3) is 5.00. The first-order chi connectivity index (χ1) is 12.2. The molecular formula is C20H24N2O2S. The van der Waals surface area contributed by atoms with E-state index in [9.17, 15) is 4.79 Å². The number of hydrogen-bond donors (Lipinski definition) is 1. The molecule has 0 spiro atoms. The lowest BCUT2D eigenvalue weighted by Crippen LogP contribution is -2.37. The average Bonchev–Trinajstić information content (AvgIpc) is 2.68. The molecule has 0 aliphatic carbocycles. The number of amides is 1. The number of rotatable bonds is 6. The molecule has 5 heteroatoms. The van der Waals surface area contributed by atoms with Crippen molar-refractivity contribution in [3.8, 4) is 0 Å². The fourth-order valence-corrected chi connectivity index (χ4v) is 3.61. The predicted octanol–water partition coefficient (Wildman–Crippen LogP) is 3.78. The maximum Gasteiger partial charge on any atom is 0.237 e. The summed E-state index contributed by atoms with van der Waals surface area (Å²) in [6.07, 6.45) is 0. The Morgan fingerprint density at radius 3 is 2.56 bits per heavy atom. The van der Waals surface area contributed by atoms with Crippen LogP contribution in [0.15, 0.2) is 54.6 Å². The van der Waals surface area contributed by atoms with Crippen LogP contribution in [-0.4, -0.2) is 37.5 Å².